The molecule has 31 heavy (non-hydrogen) atoms. The molecule has 0 atom stereocenters. The van der Waals surface area contributed by atoms with Crippen molar-refractivity contribution in [3.05, 3.63) is 53.5 Å². The molecular formula is C24H27FN2O3S. The van der Waals surface area contributed by atoms with Gasteiger partial charge in [-0.2, -0.15) is 4.37 Å². The normalized spacial score (nSPS) is 15.3. The number of ether oxygens (including phenoxy) is 2. The number of halogens is 1. The summed E-state index contributed by atoms with van der Waals surface area (Å²) in [5.41, 5.74) is 1.74. The van der Waals surface area contributed by atoms with E-state index in [4.69, 9.17) is 9.47 Å². The van der Waals surface area contributed by atoms with E-state index in [2.05, 4.69) is 9.27 Å². The summed E-state index contributed by atoms with van der Waals surface area (Å²) >= 11 is 1.39. The van der Waals surface area contributed by atoms with Crippen LogP contribution < -0.4 is 9.47 Å². The molecule has 2 heterocycles. The van der Waals surface area contributed by atoms with Gasteiger partial charge in [0.2, 0.25) is 0 Å². The number of Topliss-reactive ketones (excluding diaryl/α,β-unsaturated/α-hetero) is 1. The minimum Gasteiger partial charge on any atom is -0.493 e. The maximum absolute atomic E-state index is 13.4. The third kappa shape index (κ3) is 5.05. The molecule has 1 aliphatic rings. The number of rotatable bonds is 8. The summed E-state index contributed by atoms with van der Waals surface area (Å²) in [6, 6.07) is 10.3. The summed E-state index contributed by atoms with van der Waals surface area (Å²) in [4.78, 5) is 14.0. The molecule has 1 aliphatic heterocycles. The Labute approximate surface area is 185 Å². The number of piperidine rings is 1. The van der Waals surface area contributed by atoms with Crippen LogP contribution in [0.5, 0.6) is 11.5 Å². The highest BCUT2D eigenvalue weighted by Gasteiger charge is 2.24. The van der Waals surface area contributed by atoms with Gasteiger partial charge in [-0.15, -0.1) is 0 Å². The number of ketones is 1. The number of fused-ring (bicyclic) bond motifs is 1. The second-order valence-corrected chi connectivity index (χ2v) is 8.75. The molecule has 0 unspecified atom stereocenters. The highest BCUT2D eigenvalue weighted by atomic mass is 32.1. The highest BCUT2D eigenvalue weighted by molar-refractivity contribution is 7.13. The first kappa shape index (κ1) is 21.7. The fourth-order valence-corrected chi connectivity index (χ4v) is 5.01. The van der Waals surface area contributed by atoms with Crippen LogP contribution in [-0.2, 0) is 0 Å². The van der Waals surface area contributed by atoms with Gasteiger partial charge >= 0.3 is 0 Å². The van der Waals surface area contributed by atoms with Crippen molar-refractivity contribution in [1.82, 2.24) is 9.27 Å². The van der Waals surface area contributed by atoms with Crippen molar-refractivity contribution in [3.63, 3.8) is 0 Å². The van der Waals surface area contributed by atoms with Gasteiger partial charge < -0.3 is 14.4 Å². The predicted octanol–water partition coefficient (Wildman–Crippen LogP) is 5.30. The van der Waals surface area contributed by atoms with Gasteiger partial charge in [-0.05, 0) is 87.2 Å². The summed E-state index contributed by atoms with van der Waals surface area (Å²) < 4.78 is 30.2. The Bertz CT molecular complexity index is 1060. The van der Waals surface area contributed by atoms with Crippen LogP contribution in [0.1, 0.15) is 48.2 Å². The van der Waals surface area contributed by atoms with Crippen LogP contribution in [0.3, 0.4) is 0 Å². The topological polar surface area (TPSA) is 51.7 Å². The number of benzene rings is 2. The zero-order chi connectivity index (χ0) is 21.8. The molecule has 0 amide bonds. The van der Waals surface area contributed by atoms with Crippen LogP contribution in [0.2, 0.25) is 0 Å². The Hall–Kier alpha value is -2.51. The smallest absolute Gasteiger partial charge is 0.161 e. The number of hydrogen-bond donors (Lipinski definition) is 0. The van der Waals surface area contributed by atoms with E-state index in [0.29, 0.717) is 29.6 Å². The standard InChI is InChI=1S/C24H27FN2O3S/c1-16(28)18-4-7-21(22(14-18)29-2)30-13-3-10-27-11-8-17(9-12-27)24-20-6-5-19(25)15-23(20)31-26-24/h4-7,14-15,17H,3,8-13H2,1-2H3. The second-order valence-electron chi connectivity index (χ2n) is 7.95. The van der Waals surface area contributed by atoms with Crippen LogP contribution >= 0.6 is 11.5 Å². The maximum atomic E-state index is 13.4. The number of aromatic nitrogens is 1. The molecule has 5 nitrogen and oxygen atoms in total. The highest BCUT2D eigenvalue weighted by Crippen LogP contribution is 2.34. The molecule has 1 fully saturated rings. The van der Waals surface area contributed by atoms with Crippen molar-refractivity contribution in [1.29, 1.82) is 0 Å². The zero-order valence-electron chi connectivity index (χ0n) is 17.9. The Morgan fingerprint density at radius 2 is 2.00 bits per heavy atom. The quantitative estimate of drug-likeness (QED) is 0.350. The molecule has 164 valence electrons. The number of carbonyl (C=O) groups excluding carboxylic acids is 1. The predicted molar refractivity (Wildman–Crippen MR) is 121 cm³/mol. The van der Waals surface area contributed by atoms with Crippen molar-refractivity contribution >= 4 is 27.4 Å². The first-order valence-electron chi connectivity index (χ1n) is 10.6. The van der Waals surface area contributed by atoms with Crippen LogP contribution in [0.4, 0.5) is 4.39 Å². The average Bonchev–Trinajstić information content (AvgIpc) is 3.20. The molecule has 0 N–H and O–H groups in total. The lowest BCUT2D eigenvalue weighted by atomic mass is 9.91. The summed E-state index contributed by atoms with van der Waals surface area (Å²) in [5, 5.41) is 1.10. The average molecular weight is 443 g/mol. The van der Waals surface area contributed by atoms with E-state index in [1.54, 1.807) is 31.4 Å². The minimum atomic E-state index is -0.202. The van der Waals surface area contributed by atoms with E-state index in [1.165, 1.54) is 24.5 Å². The van der Waals surface area contributed by atoms with Gasteiger partial charge in [0.1, 0.15) is 5.82 Å². The number of nitrogens with zero attached hydrogens (tertiary/aromatic N) is 2. The lowest BCUT2D eigenvalue weighted by molar-refractivity contribution is 0.101. The van der Waals surface area contributed by atoms with E-state index in [0.717, 1.165) is 54.7 Å². The van der Waals surface area contributed by atoms with Crippen LogP contribution in [0.25, 0.3) is 10.1 Å². The molecule has 7 heteroatoms. The van der Waals surface area contributed by atoms with Crippen molar-refractivity contribution in [2.45, 2.75) is 32.1 Å². The SMILES string of the molecule is COc1cc(C(C)=O)ccc1OCCCN1CCC(c2nsc3cc(F)ccc23)CC1. The van der Waals surface area contributed by atoms with Gasteiger partial charge in [0.25, 0.3) is 0 Å². The molecule has 1 aromatic heterocycles. The van der Waals surface area contributed by atoms with Crippen molar-refractivity contribution in [2.75, 3.05) is 33.4 Å². The number of methoxy groups -OCH3 is 1. The Balaban J connectivity index is 1.24. The third-order valence-electron chi connectivity index (χ3n) is 5.88. The molecular weight excluding hydrogens is 415 g/mol. The molecule has 1 saturated heterocycles. The summed E-state index contributed by atoms with van der Waals surface area (Å²) in [7, 11) is 1.58. The van der Waals surface area contributed by atoms with Crippen molar-refractivity contribution in [3.8, 4) is 11.5 Å². The molecule has 0 spiro atoms. The van der Waals surface area contributed by atoms with E-state index in [1.807, 2.05) is 6.07 Å². The van der Waals surface area contributed by atoms with Gasteiger partial charge in [0.15, 0.2) is 17.3 Å². The number of likely N-dealkylation sites (tertiary alicyclic amines) is 1. The third-order valence-corrected chi connectivity index (χ3v) is 6.71. The molecule has 4 rings (SSSR count). The molecule has 0 bridgehead atoms. The second kappa shape index (κ2) is 9.75. The van der Waals surface area contributed by atoms with E-state index < -0.39 is 0 Å². The summed E-state index contributed by atoms with van der Waals surface area (Å²) in [6.07, 6.45) is 3.05. The number of carbonyl (C=O) groups is 1. The lowest BCUT2D eigenvalue weighted by Crippen LogP contribution is -2.34. The van der Waals surface area contributed by atoms with Gasteiger partial charge in [-0.3, -0.25) is 4.79 Å². The largest absolute Gasteiger partial charge is 0.493 e. The zero-order valence-corrected chi connectivity index (χ0v) is 18.7. The fraction of sp³-hybridized carbons (Fsp3) is 0.417. The Kier molecular flexibility index (Phi) is 6.83. The fourth-order valence-electron chi connectivity index (χ4n) is 4.13. The van der Waals surface area contributed by atoms with Gasteiger partial charge in [0.05, 0.1) is 24.1 Å². The van der Waals surface area contributed by atoms with Crippen molar-refractivity contribution in [2.24, 2.45) is 0 Å². The maximum Gasteiger partial charge on any atom is 0.161 e. The summed E-state index contributed by atoms with van der Waals surface area (Å²) in [5.74, 6) is 1.50. The molecule has 0 radical (unpaired) electrons. The first-order valence-corrected chi connectivity index (χ1v) is 11.4. The Morgan fingerprint density at radius 1 is 1.19 bits per heavy atom. The van der Waals surface area contributed by atoms with Crippen LogP contribution in [-0.4, -0.2) is 48.4 Å². The minimum absolute atomic E-state index is 0.00562. The van der Waals surface area contributed by atoms with E-state index >= 15 is 0 Å². The lowest BCUT2D eigenvalue weighted by Gasteiger charge is -2.31. The molecule has 3 aromatic rings. The molecule has 2 aromatic carbocycles. The number of hydrogen-bond acceptors (Lipinski definition) is 6. The summed E-state index contributed by atoms with van der Waals surface area (Å²) in [6.45, 7) is 5.17. The van der Waals surface area contributed by atoms with Gasteiger partial charge in [-0.25, -0.2) is 4.39 Å². The molecule has 0 saturated carbocycles. The van der Waals surface area contributed by atoms with Crippen LogP contribution in [0, 0.1) is 5.82 Å². The van der Waals surface area contributed by atoms with Crippen molar-refractivity contribution < 1.29 is 18.7 Å². The van der Waals surface area contributed by atoms with E-state index in [9.17, 15) is 9.18 Å². The van der Waals surface area contributed by atoms with Gasteiger partial charge in [-0.1, -0.05) is 0 Å². The molecule has 0 aliphatic carbocycles. The first-order chi connectivity index (χ1) is 15.0. The van der Waals surface area contributed by atoms with Gasteiger partial charge in [0, 0.05) is 23.4 Å². The Morgan fingerprint density at radius 3 is 2.74 bits per heavy atom. The van der Waals surface area contributed by atoms with Crippen LogP contribution in [0.15, 0.2) is 36.4 Å². The van der Waals surface area contributed by atoms with E-state index in [-0.39, 0.29) is 11.6 Å². The monoisotopic (exact) mass is 442 g/mol.